The Morgan fingerprint density at radius 3 is 2.50 bits per heavy atom. The highest BCUT2D eigenvalue weighted by Crippen LogP contribution is 2.13. The zero-order chi connectivity index (χ0) is 13.8. The molecule has 0 saturated heterocycles. The van der Waals surface area contributed by atoms with Gasteiger partial charge in [0.25, 0.3) is 0 Å². The highest BCUT2D eigenvalue weighted by molar-refractivity contribution is 7.93. The molecule has 0 aliphatic heterocycles. The Morgan fingerprint density at radius 1 is 1.28 bits per heavy atom. The first-order valence-corrected chi connectivity index (χ1v) is 7.36. The molecule has 4 nitrogen and oxygen atoms in total. The summed E-state index contributed by atoms with van der Waals surface area (Å²) in [5.74, 6) is -0.469. The van der Waals surface area contributed by atoms with Gasteiger partial charge < -0.3 is 5.32 Å². The van der Waals surface area contributed by atoms with Crippen LogP contribution in [0.15, 0.2) is 24.3 Å². The summed E-state index contributed by atoms with van der Waals surface area (Å²) >= 11 is 0. The number of nitrogens with one attached hydrogen (secondary N) is 2. The van der Waals surface area contributed by atoms with Crippen molar-refractivity contribution in [3.8, 4) is 0 Å². The summed E-state index contributed by atoms with van der Waals surface area (Å²) in [6.45, 7) is 5.85. The zero-order valence-electron chi connectivity index (χ0n) is 10.8. The third-order valence-corrected chi connectivity index (χ3v) is 4.17. The van der Waals surface area contributed by atoms with Crippen molar-refractivity contribution >= 4 is 15.7 Å². The highest BCUT2D eigenvalue weighted by Gasteiger charge is 2.20. The van der Waals surface area contributed by atoms with E-state index in [-0.39, 0.29) is 11.7 Å². The van der Waals surface area contributed by atoms with E-state index in [4.69, 9.17) is 0 Å². The molecule has 0 radical (unpaired) electrons. The van der Waals surface area contributed by atoms with Gasteiger partial charge in [-0.05, 0) is 25.1 Å². The fourth-order valence-corrected chi connectivity index (χ4v) is 2.30. The van der Waals surface area contributed by atoms with Gasteiger partial charge in [-0.25, -0.2) is 12.8 Å². The number of rotatable bonds is 6. The van der Waals surface area contributed by atoms with Gasteiger partial charge in [0, 0.05) is 12.6 Å². The maximum atomic E-state index is 13.0. The van der Waals surface area contributed by atoms with Crippen molar-refractivity contribution in [3.63, 3.8) is 0 Å². The van der Waals surface area contributed by atoms with Gasteiger partial charge in [-0.1, -0.05) is 19.9 Å². The maximum absolute atomic E-state index is 13.0. The molecule has 102 valence electrons. The lowest BCUT2D eigenvalue weighted by atomic mass is 10.3. The Hall–Kier alpha value is -1.14. The van der Waals surface area contributed by atoms with E-state index in [1.165, 1.54) is 18.2 Å². The van der Waals surface area contributed by atoms with Crippen LogP contribution >= 0.6 is 0 Å². The molecule has 0 saturated carbocycles. The first-order chi connectivity index (χ1) is 8.31. The van der Waals surface area contributed by atoms with Crippen molar-refractivity contribution in [1.29, 1.82) is 0 Å². The van der Waals surface area contributed by atoms with Crippen LogP contribution in [0, 0.1) is 5.82 Å². The van der Waals surface area contributed by atoms with Crippen molar-refractivity contribution in [2.75, 3.05) is 11.3 Å². The van der Waals surface area contributed by atoms with Gasteiger partial charge >= 0.3 is 0 Å². The third-order valence-electron chi connectivity index (χ3n) is 2.43. The van der Waals surface area contributed by atoms with Crippen LogP contribution in [0.3, 0.4) is 0 Å². The Bertz CT molecular complexity index is 489. The molecule has 1 rings (SSSR count). The molecule has 18 heavy (non-hydrogen) atoms. The second-order valence-corrected chi connectivity index (χ2v) is 6.63. The average Bonchev–Trinajstić information content (AvgIpc) is 2.25. The van der Waals surface area contributed by atoms with Crippen LogP contribution in [0.4, 0.5) is 10.1 Å². The molecule has 2 N–H and O–H groups in total. The summed E-state index contributed by atoms with van der Waals surface area (Å²) in [7, 11) is -3.50. The SMILES string of the molecule is CC(C)NCC(C)S(=O)(=O)Nc1cccc(F)c1. The van der Waals surface area contributed by atoms with E-state index in [0.717, 1.165) is 6.07 Å². The molecule has 0 fully saturated rings. The minimum absolute atomic E-state index is 0.219. The van der Waals surface area contributed by atoms with Crippen LogP contribution in [0.25, 0.3) is 0 Å². The van der Waals surface area contributed by atoms with Gasteiger partial charge in [-0.2, -0.15) is 0 Å². The quantitative estimate of drug-likeness (QED) is 0.833. The maximum Gasteiger partial charge on any atom is 0.236 e. The van der Waals surface area contributed by atoms with Crippen LogP contribution in [-0.2, 0) is 10.0 Å². The van der Waals surface area contributed by atoms with Crippen LogP contribution in [-0.4, -0.2) is 26.3 Å². The largest absolute Gasteiger partial charge is 0.313 e. The number of hydrogen-bond acceptors (Lipinski definition) is 3. The molecule has 0 spiro atoms. The summed E-state index contributed by atoms with van der Waals surface area (Å²) in [5.41, 5.74) is 0.242. The molecular formula is C12H19FN2O2S. The summed E-state index contributed by atoms with van der Waals surface area (Å²) in [4.78, 5) is 0. The fraction of sp³-hybridized carbons (Fsp3) is 0.500. The number of halogens is 1. The molecular weight excluding hydrogens is 255 g/mol. The van der Waals surface area contributed by atoms with E-state index in [9.17, 15) is 12.8 Å². The van der Waals surface area contributed by atoms with Gasteiger partial charge in [0.1, 0.15) is 5.82 Å². The second kappa shape index (κ2) is 6.15. The average molecular weight is 274 g/mol. The monoisotopic (exact) mass is 274 g/mol. The summed E-state index contributed by atoms with van der Waals surface area (Å²) in [6, 6.07) is 5.62. The van der Waals surface area contributed by atoms with Crippen LogP contribution in [0.1, 0.15) is 20.8 Å². The van der Waals surface area contributed by atoms with Crippen LogP contribution in [0.2, 0.25) is 0 Å². The third kappa shape index (κ3) is 4.62. The number of hydrogen-bond donors (Lipinski definition) is 2. The minimum atomic E-state index is -3.50. The summed E-state index contributed by atoms with van der Waals surface area (Å²) in [5, 5.41) is 2.46. The molecule has 0 aliphatic carbocycles. The Labute approximate surface area is 108 Å². The number of sulfonamides is 1. The van der Waals surface area contributed by atoms with Crippen LogP contribution < -0.4 is 10.0 Å². The predicted octanol–water partition coefficient (Wildman–Crippen LogP) is 1.95. The normalized spacial score (nSPS) is 13.6. The second-order valence-electron chi connectivity index (χ2n) is 4.53. The topological polar surface area (TPSA) is 58.2 Å². The molecule has 1 unspecified atom stereocenters. The molecule has 0 aliphatic rings. The molecule has 0 bridgehead atoms. The van der Waals surface area contributed by atoms with Gasteiger partial charge in [-0.15, -0.1) is 0 Å². The first kappa shape index (κ1) is 14.9. The van der Waals surface area contributed by atoms with Gasteiger partial charge in [0.2, 0.25) is 10.0 Å². The minimum Gasteiger partial charge on any atom is -0.313 e. The Balaban J connectivity index is 2.69. The van der Waals surface area contributed by atoms with E-state index in [1.807, 2.05) is 13.8 Å². The lowest BCUT2D eigenvalue weighted by Crippen LogP contribution is -2.37. The Morgan fingerprint density at radius 2 is 1.94 bits per heavy atom. The first-order valence-electron chi connectivity index (χ1n) is 5.82. The van der Waals surface area contributed by atoms with Crippen molar-refractivity contribution in [3.05, 3.63) is 30.1 Å². The molecule has 1 aromatic rings. The predicted molar refractivity (Wildman–Crippen MR) is 71.5 cm³/mol. The molecule has 0 amide bonds. The van der Waals surface area contributed by atoms with E-state index in [0.29, 0.717) is 6.54 Å². The fourth-order valence-electron chi connectivity index (χ4n) is 1.33. The van der Waals surface area contributed by atoms with E-state index in [2.05, 4.69) is 10.0 Å². The smallest absolute Gasteiger partial charge is 0.236 e. The van der Waals surface area contributed by atoms with Crippen LogP contribution in [0.5, 0.6) is 0 Å². The van der Waals surface area contributed by atoms with E-state index < -0.39 is 21.1 Å². The number of anilines is 1. The number of benzene rings is 1. The van der Waals surface area contributed by atoms with Crippen molar-refractivity contribution in [1.82, 2.24) is 5.32 Å². The molecule has 0 aromatic heterocycles. The van der Waals surface area contributed by atoms with Gasteiger partial charge in [0.05, 0.1) is 10.9 Å². The van der Waals surface area contributed by atoms with Crippen molar-refractivity contribution < 1.29 is 12.8 Å². The lowest BCUT2D eigenvalue weighted by molar-refractivity contribution is 0.553. The van der Waals surface area contributed by atoms with E-state index >= 15 is 0 Å². The van der Waals surface area contributed by atoms with Gasteiger partial charge in [-0.3, -0.25) is 4.72 Å². The summed E-state index contributed by atoms with van der Waals surface area (Å²) < 4.78 is 39.2. The summed E-state index contributed by atoms with van der Waals surface area (Å²) in [6.07, 6.45) is 0. The van der Waals surface area contributed by atoms with Gasteiger partial charge in [0.15, 0.2) is 0 Å². The molecule has 6 heteroatoms. The molecule has 1 aromatic carbocycles. The van der Waals surface area contributed by atoms with Crippen molar-refractivity contribution in [2.45, 2.75) is 32.1 Å². The van der Waals surface area contributed by atoms with E-state index in [1.54, 1.807) is 6.92 Å². The standard InChI is InChI=1S/C12H19FN2O2S/c1-9(2)14-8-10(3)18(16,17)15-12-6-4-5-11(13)7-12/h4-7,9-10,14-15H,8H2,1-3H3. The Kier molecular flexibility index (Phi) is 5.10. The molecule has 0 heterocycles. The van der Waals surface area contributed by atoms with Crippen molar-refractivity contribution in [2.24, 2.45) is 0 Å². The zero-order valence-corrected chi connectivity index (χ0v) is 11.6. The highest BCUT2D eigenvalue weighted by atomic mass is 32.2. The lowest BCUT2D eigenvalue weighted by Gasteiger charge is -2.17. The molecule has 1 atom stereocenters.